The van der Waals surface area contributed by atoms with Gasteiger partial charge < -0.3 is 9.80 Å². The summed E-state index contributed by atoms with van der Waals surface area (Å²) < 4.78 is 1.12. The van der Waals surface area contributed by atoms with Crippen molar-refractivity contribution in [3.63, 3.8) is 0 Å². The highest BCUT2D eigenvalue weighted by atomic mass is 79.9. The predicted octanol–water partition coefficient (Wildman–Crippen LogP) is 1.46. The highest BCUT2D eigenvalue weighted by Gasteiger charge is 2.24. The van der Waals surface area contributed by atoms with Gasteiger partial charge in [0.05, 0.1) is 0 Å². The van der Waals surface area contributed by atoms with Crippen molar-refractivity contribution in [2.75, 3.05) is 33.7 Å². The lowest BCUT2D eigenvalue weighted by Gasteiger charge is -2.39. The Morgan fingerprint density at radius 3 is 2.65 bits per heavy atom. The third-order valence-corrected chi connectivity index (χ3v) is 4.70. The molecule has 1 aromatic rings. The number of rotatable bonds is 5. The number of hydrazine groups is 1. The number of piperazine rings is 1. The number of likely N-dealkylation sites (N-methyl/N-ethyl adjacent to an activating group) is 2. The molecule has 0 aromatic heterocycles. The Balaban J connectivity index is 1.92. The van der Waals surface area contributed by atoms with Crippen LogP contribution in [-0.2, 0) is 6.42 Å². The van der Waals surface area contributed by atoms with Crippen molar-refractivity contribution < 1.29 is 0 Å². The molecule has 5 heteroatoms. The van der Waals surface area contributed by atoms with E-state index < -0.39 is 0 Å². The molecule has 1 aliphatic heterocycles. The summed E-state index contributed by atoms with van der Waals surface area (Å²) in [7, 11) is 4.41. The molecule has 0 bridgehead atoms. The van der Waals surface area contributed by atoms with Gasteiger partial charge >= 0.3 is 0 Å². The quantitative estimate of drug-likeness (QED) is 0.629. The summed E-state index contributed by atoms with van der Waals surface area (Å²) in [6, 6.07) is 9.38. The molecule has 1 heterocycles. The molecule has 1 aliphatic rings. The minimum absolute atomic E-state index is 0.315. The summed E-state index contributed by atoms with van der Waals surface area (Å²) in [6.07, 6.45) is 2.05. The Hall–Kier alpha value is -0.460. The molecule has 112 valence electrons. The van der Waals surface area contributed by atoms with Crippen LogP contribution in [0.4, 0.5) is 0 Å². The van der Waals surface area contributed by atoms with Crippen LogP contribution in [-0.4, -0.2) is 55.6 Å². The Morgan fingerprint density at radius 2 is 2.00 bits per heavy atom. The van der Waals surface area contributed by atoms with E-state index in [2.05, 4.69) is 69.5 Å². The van der Waals surface area contributed by atoms with E-state index in [1.54, 1.807) is 0 Å². The molecule has 0 saturated carbocycles. The highest BCUT2D eigenvalue weighted by molar-refractivity contribution is 9.10. The van der Waals surface area contributed by atoms with Crippen molar-refractivity contribution in [1.29, 1.82) is 0 Å². The van der Waals surface area contributed by atoms with E-state index in [0.29, 0.717) is 12.1 Å². The van der Waals surface area contributed by atoms with Crippen LogP contribution in [0.3, 0.4) is 0 Å². The molecule has 2 unspecified atom stereocenters. The van der Waals surface area contributed by atoms with Crippen LogP contribution in [0.5, 0.6) is 0 Å². The van der Waals surface area contributed by atoms with Crippen LogP contribution < -0.4 is 11.3 Å². The van der Waals surface area contributed by atoms with Crippen molar-refractivity contribution in [3.8, 4) is 0 Å². The molecule has 1 fully saturated rings. The number of halogens is 1. The summed E-state index contributed by atoms with van der Waals surface area (Å²) in [5, 5.41) is 0. The Kier molecular flexibility index (Phi) is 5.99. The van der Waals surface area contributed by atoms with Gasteiger partial charge in [0.15, 0.2) is 0 Å². The minimum Gasteiger partial charge on any atom is -0.304 e. The summed E-state index contributed by atoms with van der Waals surface area (Å²) in [6.45, 7) is 3.41. The van der Waals surface area contributed by atoms with Gasteiger partial charge in [-0.15, -0.1) is 0 Å². The molecule has 2 rings (SSSR count). The second-order valence-electron chi connectivity index (χ2n) is 5.83. The zero-order chi connectivity index (χ0) is 14.5. The van der Waals surface area contributed by atoms with Gasteiger partial charge in [-0.1, -0.05) is 28.1 Å². The number of benzene rings is 1. The van der Waals surface area contributed by atoms with E-state index in [4.69, 9.17) is 5.84 Å². The molecule has 1 aromatic carbocycles. The molecule has 3 N–H and O–H groups in total. The summed E-state index contributed by atoms with van der Waals surface area (Å²) in [5.41, 5.74) is 4.31. The lowest BCUT2D eigenvalue weighted by atomic mass is 9.98. The minimum atomic E-state index is 0.315. The van der Waals surface area contributed by atoms with Gasteiger partial charge in [-0.2, -0.15) is 0 Å². The third kappa shape index (κ3) is 4.53. The lowest BCUT2D eigenvalue weighted by molar-refractivity contribution is 0.101. The molecule has 4 nitrogen and oxygen atoms in total. The molecule has 2 atom stereocenters. The third-order valence-electron chi connectivity index (χ3n) is 4.17. The second kappa shape index (κ2) is 7.52. The second-order valence-corrected chi connectivity index (χ2v) is 6.74. The van der Waals surface area contributed by atoms with E-state index in [1.165, 1.54) is 5.56 Å². The fraction of sp³-hybridized carbons (Fsp3) is 0.600. The fourth-order valence-corrected chi connectivity index (χ4v) is 3.06. The van der Waals surface area contributed by atoms with E-state index in [-0.39, 0.29) is 0 Å². The smallest absolute Gasteiger partial charge is 0.0266 e. The first-order valence-electron chi connectivity index (χ1n) is 7.18. The van der Waals surface area contributed by atoms with Gasteiger partial charge in [-0.3, -0.25) is 11.3 Å². The normalized spacial score (nSPS) is 22.9. The largest absolute Gasteiger partial charge is 0.304 e. The van der Waals surface area contributed by atoms with E-state index in [0.717, 1.165) is 36.9 Å². The maximum Gasteiger partial charge on any atom is 0.0266 e. The zero-order valence-corrected chi connectivity index (χ0v) is 13.9. The van der Waals surface area contributed by atoms with E-state index >= 15 is 0 Å². The number of nitrogens with two attached hydrogens (primary N) is 1. The number of nitrogens with one attached hydrogen (secondary N) is 1. The summed E-state index contributed by atoms with van der Waals surface area (Å²) in [5.74, 6) is 5.76. The number of nitrogens with zero attached hydrogens (tertiary/aromatic N) is 2. The molecule has 0 amide bonds. The molecule has 0 spiro atoms. The van der Waals surface area contributed by atoms with Crippen molar-refractivity contribution in [2.45, 2.75) is 24.9 Å². The average molecular weight is 341 g/mol. The SMILES string of the molecule is CN1CCN(C)C(CC(Cc2ccc(Br)cc2)NN)C1. The first-order valence-corrected chi connectivity index (χ1v) is 7.97. The highest BCUT2D eigenvalue weighted by Crippen LogP contribution is 2.16. The van der Waals surface area contributed by atoms with E-state index in [1.807, 2.05) is 0 Å². The maximum absolute atomic E-state index is 5.76. The van der Waals surface area contributed by atoms with Gasteiger partial charge in [0, 0.05) is 36.2 Å². The van der Waals surface area contributed by atoms with Crippen LogP contribution in [0, 0.1) is 0 Å². The van der Waals surface area contributed by atoms with Crippen molar-refractivity contribution in [3.05, 3.63) is 34.3 Å². The average Bonchev–Trinajstić information content (AvgIpc) is 2.44. The van der Waals surface area contributed by atoms with Crippen LogP contribution in [0.25, 0.3) is 0 Å². The van der Waals surface area contributed by atoms with Gasteiger partial charge in [-0.05, 0) is 44.6 Å². The molecular formula is C15H25BrN4. The van der Waals surface area contributed by atoms with Crippen LogP contribution in [0.1, 0.15) is 12.0 Å². The molecule has 0 aliphatic carbocycles. The van der Waals surface area contributed by atoms with E-state index in [9.17, 15) is 0 Å². The van der Waals surface area contributed by atoms with Gasteiger partial charge in [-0.25, -0.2) is 0 Å². The Bertz CT molecular complexity index is 409. The van der Waals surface area contributed by atoms with Crippen molar-refractivity contribution >= 4 is 15.9 Å². The van der Waals surface area contributed by atoms with Gasteiger partial charge in [0.25, 0.3) is 0 Å². The van der Waals surface area contributed by atoms with Crippen LogP contribution in [0.15, 0.2) is 28.7 Å². The standard InChI is InChI=1S/C15H25BrN4/c1-19-7-8-20(2)15(11-19)10-14(18-17)9-12-3-5-13(16)6-4-12/h3-6,14-15,18H,7-11,17H2,1-2H3. The van der Waals surface area contributed by atoms with Crippen LogP contribution >= 0.6 is 15.9 Å². The fourth-order valence-electron chi connectivity index (χ4n) is 2.80. The van der Waals surface area contributed by atoms with Crippen LogP contribution in [0.2, 0.25) is 0 Å². The van der Waals surface area contributed by atoms with Gasteiger partial charge in [0.2, 0.25) is 0 Å². The summed E-state index contributed by atoms with van der Waals surface area (Å²) >= 11 is 3.47. The Labute approximate surface area is 130 Å². The molecule has 0 radical (unpaired) electrons. The van der Waals surface area contributed by atoms with Gasteiger partial charge in [0.1, 0.15) is 0 Å². The monoisotopic (exact) mass is 340 g/mol. The first kappa shape index (κ1) is 15.9. The maximum atomic E-state index is 5.76. The number of hydrogen-bond acceptors (Lipinski definition) is 4. The molecule has 1 saturated heterocycles. The summed E-state index contributed by atoms with van der Waals surface area (Å²) in [4.78, 5) is 4.85. The van der Waals surface area contributed by atoms with Crippen molar-refractivity contribution in [1.82, 2.24) is 15.2 Å². The topological polar surface area (TPSA) is 44.5 Å². The zero-order valence-electron chi connectivity index (χ0n) is 12.3. The lowest BCUT2D eigenvalue weighted by Crippen LogP contribution is -2.53. The predicted molar refractivity (Wildman–Crippen MR) is 87.5 cm³/mol. The molecular weight excluding hydrogens is 316 g/mol. The Morgan fingerprint density at radius 1 is 1.30 bits per heavy atom. The number of hydrogen-bond donors (Lipinski definition) is 2. The molecule has 20 heavy (non-hydrogen) atoms. The van der Waals surface area contributed by atoms with Crippen molar-refractivity contribution in [2.24, 2.45) is 5.84 Å². The first-order chi connectivity index (χ1) is 9.58.